The SMILES string of the molecule is CCCCC1(CCCC)C2=C([N-]C3C(=C2)C=Cc2ccc(N(c4ccccc4)c4ccccn4)[c-]c23)c2c(O)cccc21.[Pt+2]. The summed E-state index contributed by atoms with van der Waals surface area (Å²) in [5.74, 6) is 1.17. The second-order valence-electron chi connectivity index (χ2n) is 11.8. The van der Waals surface area contributed by atoms with Gasteiger partial charge in [0.2, 0.25) is 0 Å². The molecule has 1 aromatic heterocycles. The maximum Gasteiger partial charge on any atom is 2.00 e. The molecule has 4 aromatic rings. The summed E-state index contributed by atoms with van der Waals surface area (Å²) >= 11 is 0. The number of nitrogens with zero attached hydrogens (tertiary/aromatic N) is 3. The van der Waals surface area contributed by atoms with Gasteiger partial charge in [0.1, 0.15) is 11.6 Å². The number of fused-ring (bicyclic) bond motifs is 5. The molecule has 1 atom stereocenters. The van der Waals surface area contributed by atoms with Crippen molar-refractivity contribution < 1.29 is 26.2 Å². The fourth-order valence-electron chi connectivity index (χ4n) is 7.13. The largest absolute Gasteiger partial charge is 2.00 e. The van der Waals surface area contributed by atoms with Crippen molar-refractivity contribution in [2.45, 2.75) is 63.8 Å². The van der Waals surface area contributed by atoms with Gasteiger partial charge in [-0.1, -0.05) is 111 Å². The summed E-state index contributed by atoms with van der Waals surface area (Å²) in [5, 5.41) is 16.8. The molecule has 5 heteroatoms. The van der Waals surface area contributed by atoms with E-state index in [9.17, 15) is 5.11 Å². The average Bonchev–Trinajstić information content (AvgIpc) is 3.32. The Labute approximate surface area is 275 Å². The van der Waals surface area contributed by atoms with Gasteiger partial charge in [0.15, 0.2) is 0 Å². The number of anilines is 3. The third kappa shape index (κ3) is 5.04. The normalized spacial score (nSPS) is 17.0. The topological polar surface area (TPSA) is 50.5 Å². The molecule has 1 unspecified atom stereocenters. The Morgan fingerprint density at radius 3 is 2.39 bits per heavy atom. The molecular formula is C39H37N3OPt. The van der Waals surface area contributed by atoms with E-state index in [0.717, 1.165) is 78.1 Å². The Kier molecular flexibility index (Phi) is 8.65. The number of para-hydroxylation sites is 1. The first-order valence-electron chi connectivity index (χ1n) is 15.6. The summed E-state index contributed by atoms with van der Waals surface area (Å²) in [6.07, 6.45) is 15.3. The monoisotopic (exact) mass is 758 g/mol. The summed E-state index contributed by atoms with van der Waals surface area (Å²) in [4.78, 5) is 6.84. The van der Waals surface area contributed by atoms with Crippen molar-refractivity contribution in [1.82, 2.24) is 4.98 Å². The van der Waals surface area contributed by atoms with Crippen LogP contribution in [0.5, 0.6) is 5.75 Å². The smallest absolute Gasteiger partial charge is 0.675 e. The Hall–Kier alpha value is -3.88. The van der Waals surface area contributed by atoms with Gasteiger partial charge >= 0.3 is 21.1 Å². The molecule has 1 aliphatic heterocycles. The Morgan fingerprint density at radius 1 is 0.886 bits per heavy atom. The number of unbranched alkanes of at least 4 members (excludes halogenated alkanes) is 2. The number of phenolic OH excluding ortho intramolecular Hbond substituents is 1. The van der Waals surface area contributed by atoms with E-state index in [1.165, 1.54) is 16.7 Å². The van der Waals surface area contributed by atoms with E-state index in [1.807, 2.05) is 54.7 Å². The average molecular weight is 759 g/mol. The van der Waals surface area contributed by atoms with Crippen molar-refractivity contribution in [2.24, 2.45) is 0 Å². The van der Waals surface area contributed by atoms with Crippen LogP contribution in [0.1, 0.15) is 80.7 Å². The van der Waals surface area contributed by atoms with E-state index >= 15 is 0 Å². The van der Waals surface area contributed by atoms with Crippen LogP contribution in [0.2, 0.25) is 0 Å². The maximum absolute atomic E-state index is 11.3. The molecular weight excluding hydrogens is 722 g/mol. The quantitative estimate of drug-likeness (QED) is 0.173. The molecule has 0 fully saturated rings. The molecule has 0 radical (unpaired) electrons. The molecule has 7 rings (SSSR count). The maximum atomic E-state index is 11.3. The van der Waals surface area contributed by atoms with Crippen LogP contribution < -0.4 is 4.90 Å². The molecule has 0 amide bonds. The van der Waals surface area contributed by atoms with Crippen LogP contribution in [0.25, 0.3) is 17.1 Å². The Balaban J connectivity index is 0.00000343. The molecule has 0 bridgehead atoms. The van der Waals surface area contributed by atoms with Crippen molar-refractivity contribution >= 4 is 29.0 Å². The summed E-state index contributed by atoms with van der Waals surface area (Å²) in [7, 11) is 0. The van der Waals surface area contributed by atoms with Crippen LogP contribution in [0.15, 0.2) is 108 Å². The predicted molar refractivity (Wildman–Crippen MR) is 177 cm³/mol. The molecule has 2 aliphatic carbocycles. The van der Waals surface area contributed by atoms with E-state index in [2.05, 4.69) is 73.4 Å². The molecule has 1 N–H and O–H groups in total. The van der Waals surface area contributed by atoms with Gasteiger partial charge in [-0.2, -0.15) is 17.7 Å². The standard InChI is InChI=1S/C39H37N3O.Pt/c1-3-5-22-39(23-6-4-2)32-15-12-16-34(43)36(32)38-33(39)25-28-19-18-27-20-21-30(26-31(27)37(28)41-38)42(29-13-8-7-9-14-29)35-17-10-11-24-40-35;/h7-21,24-25,37,43H,3-6,22-23H2,1-2H3;/q-2;+2. The van der Waals surface area contributed by atoms with Crippen molar-refractivity contribution in [3.05, 3.63) is 142 Å². The molecule has 224 valence electrons. The van der Waals surface area contributed by atoms with Gasteiger partial charge < -0.3 is 15.3 Å². The van der Waals surface area contributed by atoms with E-state index in [4.69, 9.17) is 10.3 Å². The fraction of sp³-hybridized carbons (Fsp3) is 0.256. The van der Waals surface area contributed by atoms with Crippen molar-refractivity contribution in [3.8, 4) is 5.75 Å². The minimum absolute atomic E-state index is 0. The van der Waals surface area contributed by atoms with Gasteiger partial charge in [0, 0.05) is 22.9 Å². The fourth-order valence-corrected chi connectivity index (χ4v) is 7.13. The number of allylic oxidation sites excluding steroid dienone is 2. The van der Waals surface area contributed by atoms with Crippen LogP contribution in [0.4, 0.5) is 17.2 Å². The number of pyridine rings is 1. The summed E-state index contributed by atoms with van der Waals surface area (Å²) in [6.45, 7) is 4.53. The molecule has 3 aliphatic rings. The Morgan fingerprint density at radius 2 is 1.66 bits per heavy atom. The van der Waals surface area contributed by atoms with E-state index in [0.29, 0.717) is 5.75 Å². The van der Waals surface area contributed by atoms with E-state index in [-0.39, 0.29) is 32.5 Å². The van der Waals surface area contributed by atoms with Crippen LogP contribution in [-0.4, -0.2) is 10.1 Å². The third-order valence-corrected chi connectivity index (χ3v) is 9.22. The van der Waals surface area contributed by atoms with Crippen molar-refractivity contribution in [1.29, 1.82) is 0 Å². The molecule has 0 saturated heterocycles. The minimum Gasteiger partial charge on any atom is -0.675 e. The first kappa shape index (κ1) is 30.2. The zero-order valence-electron chi connectivity index (χ0n) is 25.2. The van der Waals surface area contributed by atoms with Gasteiger partial charge in [0.05, 0.1) is 0 Å². The molecule has 0 spiro atoms. The van der Waals surface area contributed by atoms with Crippen LogP contribution >= 0.6 is 0 Å². The second kappa shape index (κ2) is 12.6. The Bertz CT molecular complexity index is 1690. The van der Waals surface area contributed by atoms with Gasteiger partial charge in [-0.25, -0.2) is 4.98 Å². The van der Waals surface area contributed by atoms with E-state index in [1.54, 1.807) is 0 Å². The van der Waals surface area contributed by atoms with Crippen molar-refractivity contribution in [2.75, 3.05) is 4.90 Å². The number of phenols is 1. The number of benzene rings is 3. The number of hydrogen-bond acceptors (Lipinski definition) is 3. The summed E-state index contributed by atoms with van der Waals surface area (Å²) in [6, 6.07) is 30.2. The van der Waals surface area contributed by atoms with Gasteiger partial charge in [0.25, 0.3) is 0 Å². The zero-order chi connectivity index (χ0) is 29.4. The zero-order valence-corrected chi connectivity index (χ0v) is 27.5. The number of aromatic nitrogens is 1. The first-order chi connectivity index (χ1) is 21.1. The number of hydrogen-bond donors (Lipinski definition) is 1. The number of aromatic hydroxyl groups is 1. The molecule has 3 aromatic carbocycles. The predicted octanol–water partition coefficient (Wildman–Crippen LogP) is 10.5. The molecule has 44 heavy (non-hydrogen) atoms. The molecule has 0 saturated carbocycles. The second-order valence-corrected chi connectivity index (χ2v) is 11.8. The van der Waals surface area contributed by atoms with Crippen molar-refractivity contribution in [3.63, 3.8) is 0 Å². The van der Waals surface area contributed by atoms with E-state index < -0.39 is 0 Å². The molecule has 4 nitrogen and oxygen atoms in total. The van der Waals surface area contributed by atoms with Gasteiger partial charge in [-0.15, -0.1) is 23.4 Å². The first-order valence-corrected chi connectivity index (χ1v) is 15.6. The third-order valence-electron chi connectivity index (χ3n) is 9.22. The van der Waals surface area contributed by atoms with Gasteiger partial charge in [-0.3, -0.25) is 0 Å². The van der Waals surface area contributed by atoms with Crippen LogP contribution in [0.3, 0.4) is 0 Å². The van der Waals surface area contributed by atoms with Gasteiger partial charge in [-0.05, 0) is 48.7 Å². The van der Waals surface area contributed by atoms with Crippen LogP contribution in [-0.2, 0) is 26.5 Å². The summed E-state index contributed by atoms with van der Waals surface area (Å²) in [5.41, 5.74) is 9.57. The number of rotatable bonds is 9. The summed E-state index contributed by atoms with van der Waals surface area (Å²) < 4.78 is 0. The van der Waals surface area contributed by atoms with Crippen LogP contribution in [0, 0.1) is 6.07 Å². The molecule has 2 heterocycles. The minimum atomic E-state index is -0.194.